The lowest BCUT2D eigenvalue weighted by Gasteiger charge is -2.46. The first-order chi connectivity index (χ1) is 11.6. The van der Waals surface area contributed by atoms with E-state index in [-0.39, 0.29) is 5.41 Å². The van der Waals surface area contributed by atoms with E-state index in [1.54, 1.807) is 12.1 Å². The molecular weight excluding hydrogens is 306 g/mol. The van der Waals surface area contributed by atoms with Gasteiger partial charge in [0, 0.05) is 11.8 Å². The summed E-state index contributed by atoms with van der Waals surface area (Å²) in [6.45, 7) is 2.23. The van der Waals surface area contributed by atoms with Gasteiger partial charge in [-0.25, -0.2) is 8.78 Å². The SMILES string of the molecule is CCCC1CCC(C2(c3cccc(F)c3F)CC=C(O)CC2)CC1. The standard InChI is InChI=1S/C21H28F2O/c1-2-4-15-7-9-16(10-8-15)21(13-11-17(24)12-14-21)18-5-3-6-19(22)20(18)23/h3,5-6,11,15-16,24H,2,4,7-10,12-14H2,1H3. The first kappa shape index (κ1) is 17.4. The number of benzene rings is 1. The predicted octanol–water partition coefficient (Wildman–Crippen LogP) is 6.43. The summed E-state index contributed by atoms with van der Waals surface area (Å²) in [5.74, 6) is 0.0924. The molecule has 0 heterocycles. The predicted molar refractivity (Wildman–Crippen MR) is 93.0 cm³/mol. The quantitative estimate of drug-likeness (QED) is 0.672. The molecule has 1 atom stereocenters. The van der Waals surface area contributed by atoms with Gasteiger partial charge in [-0.2, -0.15) is 0 Å². The van der Waals surface area contributed by atoms with Crippen molar-refractivity contribution in [2.45, 2.75) is 70.1 Å². The van der Waals surface area contributed by atoms with E-state index in [2.05, 4.69) is 6.92 Å². The third-order valence-electron chi connectivity index (χ3n) is 6.34. The van der Waals surface area contributed by atoms with E-state index in [4.69, 9.17) is 0 Å². The summed E-state index contributed by atoms with van der Waals surface area (Å²) in [6, 6.07) is 4.57. The number of hydrogen-bond acceptors (Lipinski definition) is 1. The molecule has 2 aliphatic carbocycles. The Balaban J connectivity index is 1.91. The Morgan fingerprint density at radius 3 is 2.54 bits per heavy atom. The van der Waals surface area contributed by atoms with Crippen molar-refractivity contribution < 1.29 is 13.9 Å². The second kappa shape index (κ2) is 7.25. The number of aliphatic hydroxyl groups is 1. The van der Waals surface area contributed by atoms with E-state index in [0.29, 0.717) is 36.5 Å². The lowest BCUT2D eigenvalue weighted by atomic mass is 9.58. The zero-order chi connectivity index (χ0) is 17.2. The van der Waals surface area contributed by atoms with Crippen molar-refractivity contribution in [1.29, 1.82) is 0 Å². The topological polar surface area (TPSA) is 20.2 Å². The van der Waals surface area contributed by atoms with Gasteiger partial charge >= 0.3 is 0 Å². The van der Waals surface area contributed by atoms with Crippen molar-refractivity contribution in [3.63, 3.8) is 0 Å². The molecule has 1 aromatic carbocycles. The second-order valence-electron chi connectivity index (χ2n) is 7.66. The molecule has 1 N–H and O–H groups in total. The fraction of sp³-hybridized carbons (Fsp3) is 0.619. The normalized spacial score (nSPS) is 30.9. The molecular formula is C21H28F2O. The molecule has 0 aliphatic heterocycles. The number of hydrogen-bond donors (Lipinski definition) is 1. The van der Waals surface area contributed by atoms with Crippen molar-refractivity contribution >= 4 is 0 Å². The molecule has 1 fully saturated rings. The Morgan fingerprint density at radius 1 is 1.17 bits per heavy atom. The second-order valence-corrected chi connectivity index (χ2v) is 7.66. The molecule has 0 spiro atoms. The summed E-state index contributed by atoms with van der Waals surface area (Å²) in [7, 11) is 0. The summed E-state index contributed by atoms with van der Waals surface area (Å²) in [5.41, 5.74) is 0.153. The Morgan fingerprint density at radius 2 is 1.92 bits per heavy atom. The molecule has 0 amide bonds. The highest BCUT2D eigenvalue weighted by Gasteiger charge is 2.44. The lowest BCUT2D eigenvalue weighted by molar-refractivity contribution is 0.139. The molecule has 132 valence electrons. The maximum Gasteiger partial charge on any atom is 0.162 e. The molecule has 0 bridgehead atoms. The number of rotatable bonds is 4. The minimum absolute atomic E-state index is 0.365. The zero-order valence-corrected chi connectivity index (χ0v) is 14.5. The summed E-state index contributed by atoms with van der Waals surface area (Å²) in [4.78, 5) is 0. The van der Waals surface area contributed by atoms with Crippen molar-refractivity contribution in [1.82, 2.24) is 0 Å². The van der Waals surface area contributed by atoms with Gasteiger partial charge in [0.05, 0.1) is 5.76 Å². The highest BCUT2D eigenvalue weighted by molar-refractivity contribution is 5.32. The Kier molecular flexibility index (Phi) is 5.27. The van der Waals surface area contributed by atoms with Crippen LogP contribution in [0.25, 0.3) is 0 Å². The van der Waals surface area contributed by atoms with Crippen LogP contribution in [0, 0.1) is 23.5 Å². The third-order valence-corrected chi connectivity index (χ3v) is 6.34. The van der Waals surface area contributed by atoms with E-state index in [1.165, 1.54) is 31.7 Å². The van der Waals surface area contributed by atoms with Crippen molar-refractivity contribution in [3.05, 3.63) is 47.2 Å². The average molecular weight is 334 g/mol. The van der Waals surface area contributed by atoms with Crippen molar-refractivity contribution in [2.24, 2.45) is 11.8 Å². The zero-order valence-electron chi connectivity index (χ0n) is 14.5. The van der Waals surface area contributed by atoms with Crippen LogP contribution in [0.4, 0.5) is 8.78 Å². The van der Waals surface area contributed by atoms with Crippen molar-refractivity contribution in [2.75, 3.05) is 0 Å². The van der Waals surface area contributed by atoms with E-state index >= 15 is 0 Å². The van der Waals surface area contributed by atoms with E-state index < -0.39 is 11.6 Å². The summed E-state index contributed by atoms with van der Waals surface area (Å²) in [6.07, 6.45) is 10.7. The van der Waals surface area contributed by atoms with Crippen LogP contribution in [0.2, 0.25) is 0 Å². The smallest absolute Gasteiger partial charge is 0.162 e. The molecule has 0 radical (unpaired) electrons. The van der Waals surface area contributed by atoms with Crippen LogP contribution in [0.15, 0.2) is 30.0 Å². The van der Waals surface area contributed by atoms with E-state index in [0.717, 1.165) is 18.8 Å². The summed E-state index contributed by atoms with van der Waals surface area (Å²) < 4.78 is 28.5. The maximum atomic E-state index is 14.6. The highest BCUT2D eigenvalue weighted by Crippen LogP contribution is 2.51. The molecule has 1 unspecified atom stereocenters. The van der Waals surface area contributed by atoms with Gasteiger partial charge in [0.1, 0.15) is 0 Å². The van der Waals surface area contributed by atoms with Crippen LogP contribution in [0.3, 0.4) is 0 Å². The summed E-state index contributed by atoms with van der Waals surface area (Å²) >= 11 is 0. The van der Waals surface area contributed by atoms with E-state index in [9.17, 15) is 13.9 Å². The summed E-state index contributed by atoms with van der Waals surface area (Å²) in [5, 5.41) is 9.82. The van der Waals surface area contributed by atoms with Crippen LogP contribution < -0.4 is 0 Å². The molecule has 3 heteroatoms. The van der Waals surface area contributed by atoms with Crippen LogP contribution in [-0.4, -0.2) is 5.11 Å². The Bertz CT molecular complexity index is 602. The first-order valence-corrected chi connectivity index (χ1v) is 9.39. The highest BCUT2D eigenvalue weighted by atomic mass is 19.2. The van der Waals surface area contributed by atoms with Gasteiger partial charge in [-0.3, -0.25) is 0 Å². The molecule has 0 saturated heterocycles. The lowest BCUT2D eigenvalue weighted by Crippen LogP contribution is -2.40. The van der Waals surface area contributed by atoms with Crippen LogP contribution in [0.5, 0.6) is 0 Å². The van der Waals surface area contributed by atoms with E-state index in [1.807, 2.05) is 6.08 Å². The van der Waals surface area contributed by atoms with Gasteiger partial charge in [0.25, 0.3) is 0 Å². The third kappa shape index (κ3) is 3.22. The molecule has 24 heavy (non-hydrogen) atoms. The van der Waals surface area contributed by atoms with Gasteiger partial charge in [0.15, 0.2) is 11.6 Å². The Labute approximate surface area is 143 Å². The van der Waals surface area contributed by atoms with Crippen LogP contribution in [-0.2, 0) is 5.41 Å². The fourth-order valence-corrected chi connectivity index (χ4v) is 4.99. The number of aliphatic hydroxyl groups excluding tert-OH is 1. The maximum absolute atomic E-state index is 14.6. The monoisotopic (exact) mass is 334 g/mol. The van der Waals surface area contributed by atoms with Crippen molar-refractivity contribution in [3.8, 4) is 0 Å². The molecule has 3 rings (SSSR count). The first-order valence-electron chi connectivity index (χ1n) is 9.39. The van der Waals surface area contributed by atoms with Gasteiger partial charge in [-0.1, -0.05) is 44.7 Å². The van der Waals surface area contributed by atoms with Crippen LogP contribution >= 0.6 is 0 Å². The van der Waals surface area contributed by atoms with Crippen LogP contribution in [0.1, 0.15) is 70.3 Å². The molecule has 1 saturated carbocycles. The number of allylic oxidation sites excluding steroid dienone is 2. The average Bonchev–Trinajstić information content (AvgIpc) is 2.60. The molecule has 2 aliphatic rings. The van der Waals surface area contributed by atoms with Gasteiger partial charge in [-0.05, 0) is 55.2 Å². The minimum Gasteiger partial charge on any atom is -0.513 e. The van der Waals surface area contributed by atoms with Gasteiger partial charge in [-0.15, -0.1) is 0 Å². The molecule has 0 aromatic heterocycles. The largest absolute Gasteiger partial charge is 0.513 e. The fourth-order valence-electron chi connectivity index (χ4n) is 4.99. The molecule has 1 nitrogen and oxygen atoms in total. The number of halogens is 2. The minimum atomic E-state index is -0.759. The molecule has 1 aromatic rings. The van der Waals surface area contributed by atoms with Gasteiger partial charge < -0.3 is 5.11 Å². The Hall–Kier alpha value is -1.38. The van der Waals surface area contributed by atoms with Gasteiger partial charge in [0.2, 0.25) is 0 Å².